The molecular weight excluding hydrogens is 432 g/mol. The average molecular weight is 445 g/mol. The van der Waals surface area contributed by atoms with Gasteiger partial charge < -0.3 is 0 Å². The maximum absolute atomic E-state index is 12.9. The van der Waals surface area contributed by atoms with Crippen molar-refractivity contribution in [3.05, 3.63) is 98.7 Å². The summed E-state index contributed by atoms with van der Waals surface area (Å²) in [6.45, 7) is -0.206. The Morgan fingerprint density at radius 3 is 2.09 bits per heavy atom. The van der Waals surface area contributed by atoms with Crippen molar-refractivity contribution in [1.29, 1.82) is 0 Å². The second-order valence-electron chi connectivity index (χ2n) is 7.14. The van der Waals surface area contributed by atoms with E-state index in [-0.39, 0.29) is 23.4 Å². The molecule has 0 N–H and O–H groups in total. The zero-order valence-corrected chi connectivity index (χ0v) is 17.1. The van der Waals surface area contributed by atoms with Gasteiger partial charge in [0.15, 0.2) is 5.52 Å². The first kappa shape index (κ1) is 19.8. The maximum Gasteiger partial charge on any atom is 0.297 e. The number of halogens is 1. The van der Waals surface area contributed by atoms with Crippen molar-refractivity contribution in [2.24, 2.45) is 0 Å². The van der Waals surface area contributed by atoms with Crippen molar-refractivity contribution in [1.82, 2.24) is 14.9 Å². The third kappa shape index (κ3) is 3.09. The van der Waals surface area contributed by atoms with Crippen LogP contribution in [0.5, 0.6) is 0 Å². The van der Waals surface area contributed by atoms with Crippen molar-refractivity contribution in [2.45, 2.75) is 6.54 Å². The van der Waals surface area contributed by atoms with Crippen LogP contribution in [0.4, 0.5) is 5.69 Å². The fourth-order valence-corrected chi connectivity index (χ4v) is 3.98. The lowest BCUT2D eigenvalue weighted by molar-refractivity contribution is -0.383. The molecule has 2 amide bonds. The van der Waals surface area contributed by atoms with Gasteiger partial charge in [0.1, 0.15) is 0 Å². The number of carbonyl (C=O) groups excluding carboxylic acids is 2. The van der Waals surface area contributed by atoms with E-state index in [4.69, 9.17) is 11.6 Å². The van der Waals surface area contributed by atoms with E-state index in [1.54, 1.807) is 54.6 Å². The van der Waals surface area contributed by atoms with Crippen LogP contribution in [0.25, 0.3) is 22.3 Å². The molecule has 0 spiro atoms. The second-order valence-corrected chi connectivity index (χ2v) is 7.55. The molecule has 0 radical (unpaired) electrons. The molecule has 4 aromatic rings. The Kier molecular flexibility index (Phi) is 4.64. The minimum absolute atomic E-state index is 0.0694. The summed E-state index contributed by atoms with van der Waals surface area (Å²) >= 11 is 6.39. The van der Waals surface area contributed by atoms with Crippen LogP contribution in [0, 0.1) is 10.1 Å². The molecule has 0 atom stereocenters. The lowest BCUT2D eigenvalue weighted by Gasteiger charge is -2.17. The number of carbonyl (C=O) groups is 2. The van der Waals surface area contributed by atoms with Crippen LogP contribution in [0.2, 0.25) is 5.02 Å². The highest BCUT2D eigenvalue weighted by Crippen LogP contribution is 2.33. The van der Waals surface area contributed by atoms with Gasteiger partial charge in [-0.1, -0.05) is 48.0 Å². The Balaban J connectivity index is 1.70. The highest BCUT2D eigenvalue weighted by Gasteiger charge is 2.36. The smallest absolute Gasteiger partial charge is 0.269 e. The lowest BCUT2D eigenvalue weighted by Crippen LogP contribution is -2.30. The van der Waals surface area contributed by atoms with Crippen molar-refractivity contribution < 1.29 is 14.5 Å². The topological polar surface area (TPSA) is 106 Å². The molecule has 1 aliphatic rings. The number of hydrogen-bond donors (Lipinski definition) is 0. The largest absolute Gasteiger partial charge is 0.297 e. The molecule has 5 rings (SSSR count). The number of rotatable bonds is 4. The highest BCUT2D eigenvalue weighted by molar-refractivity contribution is 6.33. The van der Waals surface area contributed by atoms with Crippen LogP contribution in [-0.2, 0) is 6.54 Å². The molecular formula is C23H13ClN4O4. The Morgan fingerprint density at radius 2 is 1.47 bits per heavy atom. The minimum Gasteiger partial charge on any atom is -0.269 e. The van der Waals surface area contributed by atoms with Gasteiger partial charge in [-0.25, -0.2) is 9.97 Å². The Bertz CT molecular complexity index is 1420. The zero-order valence-electron chi connectivity index (χ0n) is 16.4. The number of imide groups is 1. The summed E-state index contributed by atoms with van der Waals surface area (Å²) in [6.07, 6.45) is 0. The number of para-hydroxylation sites is 1. The highest BCUT2D eigenvalue weighted by atomic mass is 35.5. The summed E-state index contributed by atoms with van der Waals surface area (Å²) in [6, 6.07) is 18.0. The van der Waals surface area contributed by atoms with Gasteiger partial charge in [0.25, 0.3) is 17.5 Å². The quantitative estimate of drug-likeness (QED) is 0.257. The summed E-state index contributed by atoms with van der Waals surface area (Å²) in [5.41, 5.74) is 1.88. The number of non-ortho nitro benzene ring substituents is 1. The Morgan fingerprint density at radius 1 is 0.844 bits per heavy atom. The van der Waals surface area contributed by atoms with E-state index >= 15 is 0 Å². The fourth-order valence-electron chi connectivity index (χ4n) is 3.76. The van der Waals surface area contributed by atoms with Gasteiger partial charge in [0.2, 0.25) is 0 Å². The molecule has 0 saturated carbocycles. The van der Waals surface area contributed by atoms with E-state index in [2.05, 4.69) is 9.97 Å². The number of amides is 2. The van der Waals surface area contributed by atoms with Gasteiger partial charge in [-0.3, -0.25) is 24.6 Å². The van der Waals surface area contributed by atoms with Crippen molar-refractivity contribution in [2.75, 3.05) is 0 Å². The van der Waals surface area contributed by atoms with Gasteiger partial charge in [-0.15, -0.1) is 0 Å². The summed E-state index contributed by atoms with van der Waals surface area (Å²) in [7, 11) is 0. The Hall–Kier alpha value is -4.17. The average Bonchev–Trinajstić information content (AvgIpc) is 3.03. The molecule has 0 saturated heterocycles. The standard InChI is InChI=1S/C23H13ClN4O4/c24-16-9-4-3-8-15(16)20-18(26-21-17(25-20)10-5-11-19(21)28(31)32)12-27-22(29)13-6-1-2-7-14(13)23(27)30/h1-11H,12H2. The van der Waals surface area contributed by atoms with Crippen LogP contribution in [0.3, 0.4) is 0 Å². The molecule has 3 aromatic carbocycles. The predicted octanol–water partition coefficient (Wildman–Crippen LogP) is 4.65. The molecule has 0 fully saturated rings. The predicted molar refractivity (Wildman–Crippen MR) is 117 cm³/mol. The number of aromatic nitrogens is 2. The molecule has 9 heteroatoms. The molecule has 32 heavy (non-hydrogen) atoms. The molecule has 156 valence electrons. The minimum atomic E-state index is -0.544. The van der Waals surface area contributed by atoms with Crippen LogP contribution in [0.1, 0.15) is 26.4 Å². The molecule has 0 bridgehead atoms. The van der Waals surface area contributed by atoms with Crippen molar-refractivity contribution in [3.63, 3.8) is 0 Å². The normalized spacial score (nSPS) is 13.0. The van der Waals surface area contributed by atoms with Gasteiger partial charge >= 0.3 is 0 Å². The van der Waals surface area contributed by atoms with Crippen LogP contribution in [0.15, 0.2) is 66.7 Å². The number of hydrogen-bond acceptors (Lipinski definition) is 6. The van der Waals surface area contributed by atoms with E-state index in [0.29, 0.717) is 32.9 Å². The molecule has 8 nitrogen and oxygen atoms in total. The zero-order chi connectivity index (χ0) is 22.4. The van der Waals surface area contributed by atoms with E-state index in [0.717, 1.165) is 4.90 Å². The number of nitro groups is 1. The molecule has 1 aliphatic heterocycles. The van der Waals surface area contributed by atoms with E-state index in [9.17, 15) is 19.7 Å². The Labute approximate surface area is 186 Å². The van der Waals surface area contributed by atoms with E-state index in [1.165, 1.54) is 12.1 Å². The van der Waals surface area contributed by atoms with Gasteiger partial charge in [-0.05, 0) is 24.3 Å². The molecule has 0 unspecified atom stereocenters. The molecule has 0 aliphatic carbocycles. The van der Waals surface area contributed by atoms with Crippen LogP contribution >= 0.6 is 11.6 Å². The third-order valence-corrected chi connectivity index (χ3v) is 5.59. The summed E-state index contributed by atoms with van der Waals surface area (Å²) in [5.74, 6) is -0.916. The lowest BCUT2D eigenvalue weighted by atomic mass is 10.1. The van der Waals surface area contributed by atoms with E-state index in [1.807, 2.05) is 0 Å². The van der Waals surface area contributed by atoms with Crippen LogP contribution in [-0.4, -0.2) is 31.6 Å². The van der Waals surface area contributed by atoms with Gasteiger partial charge in [0, 0.05) is 11.6 Å². The third-order valence-electron chi connectivity index (χ3n) is 5.26. The fraction of sp³-hybridized carbons (Fsp3) is 0.0435. The first-order chi connectivity index (χ1) is 15.5. The number of benzene rings is 3. The van der Waals surface area contributed by atoms with Crippen molar-refractivity contribution >= 4 is 40.1 Å². The second kappa shape index (κ2) is 7.51. The molecule has 1 aromatic heterocycles. The maximum atomic E-state index is 12.9. The van der Waals surface area contributed by atoms with E-state index < -0.39 is 16.7 Å². The van der Waals surface area contributed by atoms with Crippen LogP contribution < -0.4 is 0 Å². The number of nitro benzene ring substituents is 1. The van der Waals surface area contributed by atoms with Gasteiger partial charge in [-0.2, -0.15) is 0 Å². The summed E-state index contributed by atoms with van der Waals surface area (Å²) < 4.78 is 0. The SMILES string of the molecule is O=C1c2ccccc2C(=O)N1Cc1nc2c([N+](=O)[O-])cccc2nc1-c1ccccc1Cl. The monoisotopic (exact) mass is 444 g/mol. The van der Waals surface area contributed by atoms with Gasteiger partial charge in [0.05, 0.1) is 44.5 Å². The molecule has 2 heterocycles. The number of fused-ring (bicyclic) bond motifs is 2. The van der Waals surface area contributed by atoms with Crippen molar-refractivity contribution in [3.8, 4) is 11.3 Å². The summed E-state index contributed by atoms with van der Waals surface area (Å²) in [4.78, 5) is 46.9. The first-order valence-electron chi connectivity index (χ1n) is 9.60. The first-order valence-corrected chi connectivity index (χ1v) is 9.97. The summed E-state index contributed by atoms with van der Waals surface area (Å²) in [5, 5.41) is 11.9. The number of nitrogens with zero attached hydrogens (tertiary/aromatic N) is 4.